The second-order valence-electron chi connectivity index (χ2n) is 4.63. The first kappa shape index (κ1) is 12.6. The van der Waals surface area contributed by atoms with Gasteiger partial charge in [0.1, 0.15) is 0 Å². The van der Waals surface area contributed by atoms with Crippen molar-refractivity contribution >= 4 is 17.3 Å². The standard InChI is InChI=1S/C13H19NO2S/c1-9(10-3-4-10)14-8-12-6-5-11(17-12)7-13(15)16-2/h5-6,9-10,14H,3-4,7-8H2,1-2H3. The fraction of sp³-hybridized carbons (Fsp3) is 0.615. The number of thiophene rings is 1. The van der Waals surface area contributed by atoms with Gasteiger partial charge >= 0.3 is 5.97 Å². The van der Waals surface area contributed by atoms with Crippen molar-refractivity contribution in [3.8, 4) is 0 Å². The van der Waals surface area contributed by atoms with Gasteiger partial charge < -0.3 is 10.1 Å². The maximum absolute atomic E-state index is 11.1. The molecule has 1 unspecified atom stereocenters. The fourth-order valence-corrected chi connectivity index (χ4v) is 2.81. The van der Waals surface area contributed by atoms with E-state index < -0.39 is 0 Å². The summed E-state index contributed by atoms with van der Waals surface area (Å²) in [6.45, 7) is 3.16. The zero-order valence-corrected chi connectivity index (χ0v) is 11.2. The van der Waals surface area contributed by atoms with Gasteiger partial charge in [-0.05, 0) is 37.8 Å². The normalized spacial score (nSPS) is 16.8. The smallest absolute Gasteiger partial charge is 0.310 e. The Kier molecular flexibility index (Phi) is 4.18. The molecular weight excluding hydrogens is 234 g/mol. The van der Waals surface area contributed by atoms with E-state index in [1.54, 1.807) is 11.3 Å². The predicted molar refractivity (Wildman–Crippen MR) is 69.1 cm³/mol. The SMILES string of the molecule is COC(=O)Cc1ccc(CNC(C)C2CC2)s1. The number of carbonyl (C=O) groups excluding carboxylic acids is 1. The molecule has 2 rings (SSSR count). The Morgan fingerprint density at radius 2 is 2.24 bits per heavy atom. The lowest BCUT2D eigenvalue weighted by Crippen LogP contribution is -2.26. The van der Waals surface area contributed by atoms with Crippen molar-refractivity contribution in [1.82, 2.24) is 5.32 Å². The highest BCUT2D eigenvalue weighted by Gasteiger charge is 2.27. The average Bonchev–Trinajstić information content (AvgIpc) is 3.08. The monoisotopic (exact) mass is 253 g/mol. The highest BCUT2D eigenvalue weighted by Crippen LogP contribution is 2.32. The van der Waals surface area contributed by atoms with E-state index >= 15 is 0 Å². The van der Waals surface area contributed by atoms with Crippen LogP contribution in [0.2, 0.25) is 0 Å². The molecule has 3 nitrogen and oxygen atoms in total. The third-order valence-corrected chi connectivity index (χ3v) is 4.28. The van der Waals surface area contributed by atoms with Gasteiger partial charge in [-0.3, -0.25) is 4.79 Å². The summed E-state index contributed by atoms with van der Waals surface area (Å²) < 4.78 is 4.65. The van der Waals surface area contributed by atoms with Gasteiger partial charge in [0.25, 0.3) is 0 Å². The van der Waals surface area contributed by atoms with Gasteiger partial charge in [0.15, 0.2) is 0 Å². The van der Waals surface area contributed by atoms with Crippen LogP contribution in [0.5, 0.6) is 0 Å². The number of hydrogen-bond donors (Lipinski definition) is 1. The quantitative estimate of drug-likeness (QED) is 0.791. The van der Waals surface area contributed by atoms with Crippen molar-refractivity contribution in [1.29, 1.82) is 0 Å². The summed E-state index contributed by atoms with van der Waals surface area (Å²) in [6, 6.07) is 4.72. The van der Waals surface area contributed by atoms with Crippen LogP contribution in [0.15, 0.2) is 12.1 Å². The molecule has 94 valence electrons. The van der Waals surface area contributed by atoms with Crippen LogP contribution in [0.3, 0.4) is 0 Å². The Hall–Kier alpha value is -0.870. The van der Waals surface area contributed by atoms with Gasteiger partial charge in [0, 0.05) is 22.3 Å². The van der Waals surface area contributed by atoms with E-state index in [1.165, 1.54) is 24.8 Å². The molecule has 1 saturated carbocycles. The molecule has 1 atom stereocenters. The van der Waals surface area contributed by atoms with Gasteiger partial charge in [0.05, 0.1) is 13.5 Å². The molecule has 0 saturated heterocycles. The summed E-state index contributed by atoms with van der Waals surface area (Å²) in [6.07, 6.45) is 3.12. The number of methoxy groups -OCH3 is 1. The number of esters is 1. The van der Waals surface area contributed by atoms with E-state index in [-0.39, 0.29) is 5.97 Å². The van der Waals surface area contributed by atoms with E-state index in [0.717, 1.165) is 17.3 Å². The summed E-state index contributed by atoms with van der Waals surface area (Å²) in [5, 5.41) is 3.54. The number of hydrogen-bond acceptors (Lipinski definition) is 4. The van der Waals surface area contributed by atoms with Gasteiger partial charge in [0.2, 0.25) is 0 Å². The minimum atomic E-state index is -0.169. The van der Waals surface area contributed by atoms with Gasteiger partial charge in [-0.1, -0.05) is 0 Å². The third kappa shape index (κ3) is 3.82. The Balaban J connectivity index is 1.78. The van der Waals surface area contributed by atoms with Crippen molar-refractivity contribution in [2.45, 2.75) is 38.8 Å². The molecule has 0 bridgehead atoms. The topological polar surface area (TPSA) is 38.3 Å². The molecule has 0 amide bonds. The van der Waals surface area contributed by atoms with E-state index in [1.807, 2.05) is 6.07 Å². The average molecular weight is 253 g/mol. The Morgan fingerprint density at radius 3 is 2.88 bits per heavy atom. The first-order chi connectivity index (χ1) is 8.19. The number of nitrogens with one attached hydrogen (secondary N) is 1. The maximum atomic E-state index is 11.1. The molecule has 0 spiro atoms. The second-order valence-corrected chi connectivity index (χ2v) is 5.88. The van der Waals surface area contributed by atoms with E-state index in [0.29, 0.717) is 12.5 Å². The Morgan fingerprint density at radius 1 is 1.53 bits per heavy atom. The number of rotatable bonds is 6. The molecule has 1 heterocycles. The first-order valence-corrected chi connectivity index (χ1v) is 6.88. The predicted octanol–water partition coefficient (Wildman–Crippen LogP) is 2.35. The van der Waals surface area contributed by atoms with Crippen LogP contribution < -0.4 is 5.32 Å². The summed E-state index contributed by atoms with van der Waals surface area (Å²) in [4.78, 5) is 13.5. The summed E-state index contributed by atoms with van der Waals surface area (Å²) in [5.74, 6) is 0.710. The number of ether oxygens (including phenoxy) is 1. The Labute approximate surface area is 106 Å². The molecule has 4 heteroatoms. The lowest BCUT2D eigenvalue weighted by molar-refractivity contribution is -0.139. The fourth-order valence-electron chi connectivity index (χ4n) is 1.85. The summed E-state index contributed by atoms with van der Waals surface area (Å²) in [5.41, 5.74) is 0. The molecule has 1 aliphatic carbocycles. The summed E-state index contributed by atoms with van der Waals surface area (Å²) in [7, 11) is 1.43. The molecule has 1 aromatic heterocycles. The second kappa shape index (κ2) is 5.65. The van der Waals surface area contributed by atoms with E-state index in [9.17, 15) is 4.79 Å². The molecule has 1 aromatic rings. The van der Waals surface area contributed by atoms with Gasteiger partial charge in [-0.2, -0.15) is 0 Å². The molecular formula is C13H19NO2S. The van der Waals surface area contributed by atoms with Crippen molar-refractivity contribution in [2.24, 2.45) is 5.92 Å². The third-order valence-electron chi connectivity index (χ3n) is 3.19. The van der Waals surface area contributed by atoms with Crippen molar-refractivity contribution in [3.63, 3.8) is 0 Å². The largest absolute Gasteiger partial charge is 0.469 e. The van der Waals surface area contributed by atoms with Gasteiger partial charge in [-0.15, -0.1) is 11.3 Å². The lowest BCUT2D eigenvalue weighted by Gasteiger charge is -2.11. The van der Waals surface area contributed by atoms with Crippen LogP contribution in [-0.4, -0.2) is 19.1 Å². The van der Waals surface area contributed by atoms with Crippen LogP contribution in [0.1, 0.15) is 29.5 Å². The first-order valence-electron chi connectivity index (χ1n) is 6.07. The molecule has 17 heavy (non-hydrogen) atoms. The van der Waals surface area contributed by atoms with Crippen LogP contribution in [-0.2, 0) is 22.5 Å². The summed E-state index contributed by atoms with van der Waals surface area (Å²) >= 11 is 1.69. The lowest BCUT2D eigenvalue weighted by atomic mass is 10.2. The molecule has 0 aromatic carbocycles. The molecule has 0 radical (unpaired) electrons. The van der Waals surface area contributed by atoms with E-state index in [4.69, 9.17) is 0 Å². The van der Waals surface area contributed by atoms with Crippen molar-refractivity contribution in [3.05, 3.63) is 21.9 Å². The zero-order chi connectivity index (χ0) is 12.3. The van der Waals surface area contributed by atoms with Crippen LogP contribution >= 0.6 is 11.3 Å². The molecule has 1 N–H and O–H groups in total. The molecule has 1 fully saturated rings. The highest BCUT2D eigenvalue weighted by molar-refractivity contribution is 7.12. The Bertz CT molecular complexity index is 385. The van der Waals surface area contributed by atoms with Crippen molar-refractivity contribution < 1.29 is 9.53 Å². The van der Waals surface area contributed by atoms with Crippen molar-refractivity contribution in [2.75, 3.05) is 7.11 Å². The molecule has 0 aliphatic heterocycles. The minimum Gasteiger partial charge on any atom is -0.469 e. The van der Waals surface area contributed by atoms with Gasteiger partial charge in [-0.25, -0.2) is 0 Å². The highest BCUT2D eigenvalue weighted by atomic mass is 32.1. The van der Waals surface area contributed by atoms with E-state index in [2.05, 4.69) is 23.0 Å². The molecule has 1 aliphatic rings. The maximum Gasteiger partial charge on any atom is 0.310 e. The van der Waals surface area contributed by atoms with Crippen LogP contribution in [0.25, 0.3) is 0 Å². The zero-order valence-electron chi connectivity index (χ0n) is 10.4. The van der Waals surface area contributed by atoms with Crippen LogP contribution in [0, 0.1) is 5.92 Å². The number of carbonyl (C=O) groups is 1. The minimum absolute atomic E-state index is 0.169. The van der Waals surface area contributed by atoms with Crippen LogP contribution in [0.4, 0.5) is 0 Å².